The van der Waals surface area contributed by atoms with Crippen LogP contribution in [0.3, 0.4) is 0 Å². The van der Waals surface area contributed by atoms with Crippen LogP contribution < -0.4 is 0 Å². The predicted molar refractivity (Wildman–Crippen MR) is 63.9 cm³/mol. The molecule has 3 N–H and O–H groups in total. The molecular formula is C10H14N2O4S. The molecule has 1 aromatic carbocycles. The minimum atomic E-state index is -4.67. The van der Waals surface area contributed by atoms with E-state index < -0.39 is 10.4 Å². The van der Waals surface area contributed by atoms with Gasteiger partial charge in [-0.15, -0.1) is 0 Å². The van der Waals surface area contributed by atoms with E-state index >= 15 is 0 Å². The molecule has 0 fully saturated rings. The number of H-pyrrole nitrogens is 1. The third-order valence-corrected chi connectivity index (χ3v) is 1.30. The van der Waals surface area contributed by atoms with Gasteiger partial charge in [-0.25, -0.2) is 4.98 Å². The Morgan fingerprint density at radius 2 is 1.41 bits per heavy atom. The summed E-state index contributed by atoms with van der Waals surface area (Å²) >= 11 is 0. The summed E-state index contributed by atoms with van der Waals surface area (Å²) in [6, 6.07) is 12.0. The molecule has 0 spiro atoms. The van der Waals surface area contributed by atoms with Crippen molar-refractivity contribution in [2.24, 2.45) is 0 Å². The third-order valence-electron chi connectivity index (χ3n) is 1.30. The van der Waals surface area contributed by atoms with Gasteiger partial charge in [-0.05, 0) is 6.92 Å². The first-order valence-electron chi connectivity index (χ1n) is 4.55. The van der Waals surface area contributed by atoms with Crippen molar-refractivity contribution in [3.8, 4) is 0 Å². The van der Waals surface area contributed by atoms with Crippen LogP contribution in [0.2, 0.25) is 0 Å². The fourth-order valence-corrected chi connectivity index (χ4v) is 0.729. The summed E-state index contributed by atoms with van der Waals surface area (Å²) in [7, 11) is -4.67. The van der Waals surface area contributed by atoms with Crippen LogP contribution >= 0.6 is 0 Å². The van der Waals surface area contributed by atoms with Gasteiger partial charge in [0.25, 0.3) is 0 Å². The molecule has 1 aromatic heterocycles. The summed E-state index contributed by atoms with van der Waals surface area (Å²) in [4.78, 5) is 6.75. The summed E-state index contributed by atoms with van der Waals surface area (Å²) in [5, 5.41) is 0. The van der Waals surface area contributed by atoms with Gasteiger partial charge in [-0.2, -0.15) is 8.42 Å². The van der Waals surface area contributed by atoms with E-state index in [1.807, 2.05) is 43.3 Å². The van der Waals surface area contributed by atoms with Gasteiger partial charge in [0.2, 0.25) is 0 Å². The van der Waals surface area contributed by atoms with Crippen LogP contribution in [0, 0.1) is 6.92 Å². The molecule has 0 radical (unpaired) electrons. The van der Waals surface area contributed by atoms with Crippen molar-refractivity contribution in [2.75, 3.05) is 0 Å². The molecule has 0 amide bonds. The molecule has 0 atom stereocenters. The van der Waals surface area contributed by atoms with Gasteiger partial charge in [0.15, 0.2) is 0 Å². The highest BCUT2D eigenvalue weighted by molar-refractivity contribution is 7.79. The lowest BCUT2D eigenvalue weighted by atomic mass is 10.4. The number of hydrogen-bond acceptors (Lipinski definition) is 3. The Bertz CT molecular complexity index is 434. The van der Waals surface area contributed by atoms with Gasteiger partial charge in [-0.3, -0.25) is 9.11 Å². The monoisotopic (exact) mass is 258 g/mol. The number of aryl methyl sites for hydroxylation is 1. The second-order valence-electron chi connectivity index (χ2n) is 2.78. The smallest absolute Gasteiger partial charge is 0.349 e. The van der Waals surface area contributed by atoms with Crippen LogP contribution in [0.4, 0.5) is 0 Å². The lowest BCUT2D eigenvalue weighted by Gasteiger charge is -1.69. The van der Waals surface area contributed by atoms with Gasteiger partial charge in [0, 0.05) is 12.4 Å². The SMILES string of the molecule is Cc1ncc[nH]1.O=S(=O)(O)O.c1ccccc1. The molecule has 0 aliphatic carbocycles. The number of nitrogens with one attached hydrogen (secondary N) is 1. The first-order chi connectivity index (χ1) is 7.89. The lowest BCUT2D eigenvalue weighted by molar-refractivity contribution is 0.381. The molecule has 94 valence electrons. The fraction of sp³-hybridized carbons (Fsp3) is 0.100. The molecule has 0 aliphatic rings. The maximum absolute atomic E-state index is 8.74. The number of rotatable bonds is 0. The van der Waals surface area contributed by atoms with Crippen LogP contribution in [-0.4, -0.2) is 27.5 Å². The standard InChI is InChI=1S/C6H6.C4H6N2.H2O4S/c1-2-4-6-5-3-1;1-4-5-2-3-6-4;1-5(2,3)4/h1-6H;2-3H,1H3,(H,5,6);(H2,1,2,3,4). The highest BCUT2D eigenvalue weighted by Gasteiger charge is 1.84. The average molecular weight is 258 g/mol. The molecule has 0 saturated heterocycles. The molecule has 2 rings (SSSR count). The molecule has 0 saturated carbocycles. The number of nitrogens with zero attached hydrogens (tertiary/aromatic N) is 1. The van der Waals surface area contributed by atoms with Crippen LogP contribution in [0.5, 0.6) is 0 Å². The van der Waals surface area contributed by atoms with Crippen LogP contribution in [-0.2, 0) is 10.4 Å². The first kappa shape index (κ1) is 15.3. The third kappa shape index (κ3) is 16.9. The number of aromatic amines is 1. The van der Waals surface area contributed by atoms with Gasteiger partial charge in [-0.1, -0.05) is 36.4 Å². The van der Waals surface area contributed by atoms with E-state index in [-0.39, 0.29) is 0 Å². The molecular weight excluding hydrogens is 244 g/mol. The zero-order valence-corrected chi connectivity index (χ0v) is 10.0. The topological polar surface area (TPSA) is 103 Å². The number of aromatic nitrogens is 2. The predicted octanol–water partition coefficient (Wildman–Crippen LogP) is 1.75. The second kappa shape index (κ2) is 8.45. The van der Waals surface area contributed by atoms with Gasteiger partial charge in [0.05, 0.1) is 0 Å². The van der Waals surface area contributed by atoms with Gasteiger partial charge >= 0.3 is 10.4 Å². The summed E-state index contributed by atoms with van der Waals surface area (Å²) in [6.07, 6.45) is 3.53. The molecule has 0 bridgehead atoms. The fourth-order valence-electron chi connectivity index (χ4n) is 0.729. The Hall–Kier alpha value is -1.70. The number of benzene rings is 1. The van der Waals surface area contributed by atoms with Crippen molar-refractivity contribution < 1.29 is 17.5 Å². The maximum Gasteiger partial charge on any atom is 0.394 e. The molecule has 0 unspecified atom stereocenters. The van der Waals surface area contributed by atoms with Crippen molar-refractivity contribution in [3.63, 3.8) is 0 Å². The quantitative estimate of drug-likeness (QED) is 0.624. The number of hydrogen-bond donors (Lipinski definition) is 3. The molecule has 7 heteroatoms. The summed E-state index contributed by atoms with van der Waals surface area (Å²) in [6.45, 7) is 1.92. The minimum absolute atomic E-state index is 0.968. The van der Waals surface area contributed by atoms with Crippen molar-refractivity contribution in [1.82, 2.24) is 9.97 Å². The van der Waals surface area contributed by atoms with E-state index in [2.05, 4.69) is 9.97 Å². The zero-order valence-electron chi connectivity index (χ0n) is 9.19. The van der Waals surface area contributed by atoms with E-state index in [0.717, 1.165) is 5.82 Å². The highest BCUT2D eigenvalue weighted by Crippen LogP contribution is 1.80. The second-order valence-corrected chi connectivity index (χ2v) is 3.67. The Labute approximate surface area is 99.9 Å². The molecule has 17 heavy (non-hydrogen) atoms. The van der Waals surface area contributed by atoms with Gasteiger partial charge in [0.1, 0.15) is 5.82 Å². The van der Waals surface area contributed by atoms with Crippen molar-refractivity contribution in [1.29, 1.82) is 0 Å². The van der Waals surface area contributed by atoms with Gasteiger partial charge < -0.3 is 4.98 Å². The first-order valence-corrected chi connectivity index (χ1v) is 5.95. The van der Waals surface area contributed by atoms with Crippen molar-refractivity contribution in [2.45, 2.75) is 6.92 Å². The van der Waals surface area contributed by atoms with Crippen LogP contribution in [0.15, 0.2) is 48.8 Å². The lowest BCUT2D eigenvalue weighted by Crippen LogP contribution is -1.89. The molecule has 2 aromatic rings. The summed E-state index contributed by atoms with van der Waals surface area (Å²) < 4.78 is 31.6. The van der Waals surface area contributed by atoms with Crippen molar-refractivity contribution >= 4 is 10.4 Å². The van der Waals surface area contributed by atoms with E-state index in [9.17, 15) is 0 Å². The Morgan fingerprint density at radius 3 is 1.53 bits per heavy atom. The minimum Gasteiger partial charge on any atom is -0.349 e. The zero-order chi connectivity index (χ0) is 13.1. The largest absolute Gasteiger partial charge is 0.394 e. The van der Waals surface area contributed by atoms with Crippen LogP contribution in [0.25, 0.3) is 0 Å². The maximum atomic E-state index is 8.74. The molecule has 1 heterocycles. The Kier molecular flexibility index (Phi) is 7.61. The van der Waals surface area contributed by atoms with Crippen LogP contribution in [0.1, 0.15) is 5.82 Å². The highest BCUT2D eigenvalue weighted by atomic mass is 32.3. The number of imidazole rings is 1. The van der Waals surface area contributed by atoms with E-state index in [4.69, 9.17) is 17.5 Å². The van der Waals surface area contributed by atoms with Crippen molar-refractivity contribution in [3.05, 3.63) is 54.6 Å². The van der Waals surface area contributed by atoms with E-state index in [1.165, 1.54) is 0 Å². The Morgan fingerprint density at radius 1 is 1.06 bits per heavy atom. The summed E-state index contributed by atoms with van der Waals surface area (Å²) in [5.41, 5.74) is 0. The normalized spacial score (nSPS) is 9.35. The molecule has 0 aliphatic heterocycles. The Balaban J connectivity index is 0.000000228. The van der Waals surface area contributed by atoms with E-state index in [0.29, 0.717) is 0 Å². The molecule has 6 nitrogen and oxygen atoms in total. The van der Waals surface area contributed by atoms with E-state index in [1.54, 1.807) is 12.4 Å². The summed E-state index contributed by atoms with van der Waals surface area (Å²) in [5.74, 6) is 0.968. The average Bonchev–Trinajstić information content (AvgIpc) is 2.70.